The fraction of sp³-hybridized carbons (Fsp3) is 0.227. The van der Waals surface area contributed by atoms with Crippen LogP contribution in [0.4, 0.5) is 20.6 Å². The molecule has 0 aliphatic carbocycles. The summed E-state index contributed by atoms with van der Waals surface area (Å²) in [5.74, 6) is -0.856. The molecule has 3 N–H and O–H groups in total. The van der Waals surface area contributed by atoms with E-state index in [2.05, 4.69) is 21.0 Å². The number of nitrogens with one attached hydrogen (secondary N) is 3. The lowest BCUT2D eigenvalue weighted by Crippen LogP contribution is -2.35. The second-order valence-corrected chi connectivity index (χ2v) is 7.10. The third-order valence-corrected chi connectivity index (χ3v) is 4.84. The van der Waals surface area contributed by atoms with E-state index >= 15 is 0 Å². The van der Waals surface area contributed by atoms with Crippen molar-refractivity contribution in [2.45, 2.75) is 18.9 Å². The van der Waals surface area contributed by atoms with E-state index in [4.69, 9.17) is 4.74 Å². The Morgan fingerprint density at radius 3 is 2.52 bits per heavy atom. The second kappa shape index (κ2) is 9.40. The Bertz CT molecular complexity index is 1060. The minimum absolute atomic E-state index is 0.0743. The van der Waals surface area contributed by atoms with Crippen LogP contribution in [0.5, 0.6) is 0 Å². The number of halogens is 1. The molecular weight excluding hydrogens is 401 g/mol. The van der Waals surface area contributed by atoms with Crippen LogP contribution < -0.4 is 16.0 Å². The molecule has 2 aromatic carbocycles. The van der Waals surface area contributed by atoms with Gasteiger partial charge in [-0.05, 0) is 55.3 Å². The van der Waals surface area contributed by atoms with Crippen LogP contribution in [0.2, 0.25) is 0 Å². The zero-order valence-electron chi connectivity index (χ0n) is 16.7. The van der Waals surface area contributed by atoms with Gasteiger partial charge in [-0.3, -0.25) is 4.79 Å². The van der Waals surface area contributed by atoms with Crippen LogP contribution in [0.25, 0.3) is 5.69 Å². The van der Waals surface area contributed by atoms with Crippen molar-refractivity contribution in [2.75, 3.05) is 23.8 Å². The number of para-hydroxylation sites is 1. The monoisotopic (exact) mass is 423 g/mol. The van der Waals surface area contributed by atoms with Crippen molar-refractivity contribution < 1.29 is 18.7 Å². The minimum Gasteiger partial charge on any atom is -0.376 e. The van der Waals surface area contributed by atoms with Crippen molar-refractivity contribution in [1.82, 2.24) is 15.1 Å². The molecule has 0 bridgehead atoms. The molecule has 1 atom stereocenters. The molecule has 9 heteroatoms. The average Bonchev–Trinajstić information content (AvgIpc) is 3.46. The largest absolute Gasteiger partial charge is 0.376 e. The van der Waals surface area contributed by atoms with E-state index in [1.54, 1.807) is 42.5 Å². The Morgan fingerprint density at radius 2 is 1.81 bits per heavy atom. The zero-order chi connectivity index (χ0) is 21.6. The summed E-state index contributed by atoms with van der Waals surface area (Å²) in [6.07, 6.45) is 3.57. The topological polar surface area (TPSA) is 97.3 Å². The van der Waals surface area contributed by atoms with E-state index in [1.807, 2.05) is 0 Å². The number of benzene rings is 2. The normalized spacial score (nSPS) is 15.5. The van der Waals surface area contributed by atoms with E-state index in [9.17, 15) is 14.0 Å². The maximum absolute atomic E-state index is 13.9. The highest BCUT2D eigenvalue weighted by Crippen LogP contribution is 2.16. The summed E-state index contributed by atoms with van der Waals surface area (Å²) in [4.78, 5) is 24.4. The fourth-order valence-corrected chi connectivity index (χ4v) is 3.24. The molecule has 2 heterocycles. The van der Waals surface area contributed by atoms with Gasteiger partial charge in [-0.2, -0.15) is 5.10 Å². The third-order valence-electron chi connectivity index (χ3n) is 4.84. The number of ether oxygens (including phenoxy) is 1. The smallest absolute Gasteiger partial charge is 0.319 e. The quantitative estimate of drug-likeness (QED) is 0.565. The van der Waals surface area contributed by atoms with Crippen LogP contribution in [-0.4, -0.2) is 41.0 Å². The molecule has 0 radical (unpaired) electrons. The number of anilines is 2. The molecule has 1 aromatic heterocycles. The van der Waals surface area contributed by atoms with Gasteiger partial charge in [0.2, 0.25) is 0 Å². The van der Waals surface area contributed by atoms with Gasteiger partial charge < -0.3 is 20.7 Å². The lowest BCUT2D eigenvalue weighted by Gasteiger charge is -2.12. The summed E-state index contributed by atoms with van der Waals surface area (Å²) in [5.41, 5.74) is 1.54. The maximum Gasteiger partial charge on any atom is 0.319 e. The molecule has 0 saturated carbocycles. The van der Waals surface area contributed by atoms with Gasteiger partial charge in [0.1, 0.15) is 11.5 Å². The van der Waals surface area contributed by atoms with E-state index in [1.165, 1.54) is 23.0 Å². The van der Waals surface area contributed by atoms with Gasteiger partial charge in [-0.15, -0.1) is 0 Å². The lowest BCUT2D eigenvalue weighted by molar-refractivity contribution is 0.102. The molecule has 31 heavy (non-hydrogen) atoms. The molecule has 1 unspecified atom stereocenters. The van der Waals surface area contributed by atoms with Crippen LogP contribution in [-0.2, 0) is 4.74 Å². The zero-order valence-corrected chi connectivity index (χ0v) is 16.7. The van der Waals surface area contributed by atoms with Crippen LogP contribution in [0.1, 0.15) is 23.3 Å². The minimum atomic E-state index is -0.430. The highest BCUT2D eigenvalue weighted by Gasteiger charge is 2.16. The van der Waals surface area contributed by atoms with Gasteiger partial charge >= 0.3 is 6.03 Å². The molecule has 1 aliphatic rings. The summed E-state index contributed by atoms with van der Waals surface area (Å²) >= 11 is 0. The van der Waals surface area contributed by atoms with Crippen molar-refractivity contribution in [3.63, 3.8) is 0 Å². The van der Waals surface area contributed by atoms with E-state index < -0.39 is 11.7 Å². The number of nitrogens with zero attached hydrogens (tertiary/aromatic N) is 2. The first-order chi connectivity index (χ1) is 15.1. The molecule has 3 amide bonds. The molecule has 1 saturated heterocycles. The van der Waals surface area contributed by atoms with Gasteiger partial charge in [-0.1, -0.05) is 12.1 Å². The maximum atomic E-state index is 13.9. The summed E-state index contributed by atoms with van der Waals surface area (Å²) in [5, 5.41) is 12.4. The second-order valence-electron chi connectivity index (χ2n) is 7.10. The van der Waals surface area contributed by atoms with Crippen LogP contribution in [0.3, 0.4) is 0 Å². The predicted molar refractivity (Wildman–Crippen MR) is 114 cm³/mol. The van der Waals surface area contributed by atoms with E-state index in [0.29, 0.717) is 17.9 Å². The Hall–Kier alpha value is -3.72. The Balaban J connectivity index is 1.31. The van der Waals surface area contributed by atoms with Crippen molar-refractivity contribution in [3.05, 3.63) is 72.3 Å². The molecule has 1 fully saturated rings. The van der Waals surface area contributed by atoms with Gasteiger partial charge in [0, 0.05) is 30.7 Å². The van der Waals surface area contributed by atoms with Crippen molar-refractivity contribution in [2.24, 2.45) is 0 Å². The first-order valence-corrected chi connectivity index (χ1v) is 9.97. The van der Waals surface area contributed by atoms with Crippen molar-refractivity contribution in [3.8, 4) is 5.69 Å². The van der Waals surface area contributed by atoms with Crippen LogP contribution in [0.15, 0.2) is 60.8 Å². The van der Waals surface area contributed by atoms with Crippen LogP contribution >= 0.6 is 0 Å². The standard InChI is InChI=1S/C22H22FN5O3/c23-18-5-1-2-6-20(18)28-12-11-19(27-28)21(29)25-15-7-9-16(10-8-15)26-22(30)24-14-17-4-3-13-31-17/h1-2,5-12,17H,3-4,13-14H2,(H,25,29)(H2,24,26,30). The molecule has 0 spiro atoms. The molecule has 160 valence electrons. The number of amides is 3. The number of urea groups is 1. The Labute approximate surface area is 178 Å². The highest BCUT2D eigenvalue weighted by molar-refractivity contribution is 6.03. The molecular formula is C22H22FN5O3. The van der Waals surface area contributed by atoms with E-state index in [0.717, 1.165) is 19.4 Å². The first kappa shape index (κ1) is 20.5. The molecule has 3 aromatic rings. The van der Waals surface area contributed by atoms with Gasteiger partial charge in [0.05, 0.1) is 6.10 Å². The number of aromatic nitrogens is 2. The highest BCUT2D eigenvalue weighted by atomic mass is 19.1. The summed E-state index contributed by atoms with van der Waals surface area (Å²) < 4.78 is 20.7. The number of carbonyl (C=O) groups is 2. The predicted octanol–water partition coefficient (Wildman–Crippen LogP) is 3.56. The third kappa shape index (κ3) is 5.26. The number of rotatable bonds is 6. The van der Waals surface area contributed by atoms with E-state index in [-0.39, 0.29) is 23.5 Å². The Kier molecular flexibility index (Phi) is 6.23. The van der Waals surface area contributed by atoms with Crippen molar-refractivity contribution >= 4 is 23.3 Å². The Morgan fingerprint density at radius 1 is 1.06 bits per heavy atom. The average molecular weight is 423 g/mol. The first-order valence-electron chi connectivity index (χ1n) is 9.97. The number of carbonyl (C=O) groups excluding carboxylic acids is 2. The SMILES string of the molecule is O=C(NCC1CCCO1)Nc1ccc(NC(=O)c2ccn(-c3ccccc3F)n2)cc1. The van der Waals surface area contributed by atoms with Gasteiger partial charge in [-0.25, -0.2) is 13.9 Å². The number of hydrogen-bond donors (Lipinski definition) is 3. The summed E-state index contributed by atoms with van der Waals surface area (Å²) in [6.45, 7) is 1.21. The fourth-order valence-electron chi connectivity index (χ4n) is 3.24. The summed E-state index contributed by atoms with van der Waals surface area (Å²) in [6, 6.07) is 14.1. The van der Waals surface area contributed by atoms with Crippen LogP contribution in [0, 0.1) is 5.82 Å². The number of hydrogen-bond acceptors (Lipinski definition) is 4. The molecule has 8 nitrogen and oxygen atoms in total. The summed E-state index contributed by atoms with van der Waals surface area (Å²) in [7, 11) is 0. The van der Waals surface area contributed by atoms with Gasteiger partial charge in [0.25, 0.3) is 5.91 Å². The lowest BCUT2D eigenvalue weighted by atomic mass is 10.2. The molecule has 1 aliphatic heterocycles. The molecule has 4 rings (SSSR count). The van der Waals surface area contributed by atoms with Crippen molar-refractivity contribution in [1.29, 1.82) is 0 Å². The van der Waals surface area contributed by atoms with Gasteiger partial charge in [0.15, 0.2) is 5.69 Å².